The van der Waals surface area contributed by atoms with E-state index in [-0.39, 0.29) is 5.92 Å². The number of carboxylic acid groups (broad SMARTS) is 1. The molecule has 0 unspecified atom stereocenters. The zero-order valence-electron chi connectivity index (χ0n) is 16.6. The van der Waals surface area contributed by atoms with Gasteiger partial charge in [0.25, 0.3) is 0 Å². The van der Waals surface area contributed by atoms with Crippen molar-refractivity contribution in [3.05, 3.63) is 0 Å². The van der Waals surface area contributed by atoms with Crippen LogP contribution in [0.4, 0.5) is 4.79 Å². The van der Waals surface area contributed by atoms with Crippen LogP contribution < -0.4 is 5.32 Å². The molecule has 2 atom stereocenters. The highest BCUT2D eigenvalue weighted by Gasteiger charge is 2.37. The lowest BCUT2D eigenvalue weighted by Gasteiger charge is -2.41. The summed E-state index contributed by atoms with van der Waals surface area (Å²) in [7, 11) is -1.80. The number of aliphatic carboxylic acids is 1. The van der Waals surface area contributed by atoms with E-state index in [9.17, 15) is 14.7 Å². The number of nitrogens with zero attached hydrogens (tertiary/aromatic N) is 1. The number of carbonyl (C=O) groups excluding carboxylic acids is 1. The van der Waals surface area contributed by atoms with E-state index in [0.29, 0.717) is 19.5 Å². The molecule has 0 spiro atoms. The van der Waals surface area contributed by atoms with Gasteiger partial charge in [-0.2, -0.15) is 0 Å². The molecule has 0 rings (SSSR count). The van der Waals surface area contributed by atoms with Gasteiger partial charge in [-0.25, -0.2) is 4.79 Å². The van der Waals surface area contributed by atoms with Crippen molar-refractivity contribution in [2.24, 2.45) is 5.92 Å². The second-order valence-electron chi connectivity index (χ2n) is 8.32. The highest BCUT2D eigenvalue weighted by Crippen LogP contribution is 2.22. The first-order valence-electron chi connectivity index (χ1n) is 8.76. The Balaban J connectivity index is 4.72. The van der Waals surface area contributed by atoms with Crippen LogP contribution in [0.3, 0.4) is 0 Å². The van der Waals surface area contributed by atoms with Crippen LogP contribution in [0.1, 0.15) is 47.5 Å². The number of carboxylic acids is 1. The fourth-order valence-corrected chi connectivity index (χ4v) is 4.58. The van der Waals surface area contributed by atoms with Gasteiger partial charge in [0.05, 0.1) is 0 Å². The average Bonchev–Trinajstić information content (AvgIpc) is 2.37. The number of hydrogen-bond acceptors (Lipinski definition) is 4. The normalized spacial score (nSPS) is 15.0. The van der Waals surface area contributed by atoms with E-state index >= 15 is 0 Å². The molecule has 2 N–H and O–H groups in total. The van der Waals surface area contributed by atoms with Gasteiger partial charge < -0.3 is 19.7 Å². The largest absolute Gasteiger partial charge is 0.480 e. The highest BCUT2D eigenvalue weighted by atomic mass is 28.3. The van der Waals surface area contributed by atoms with Gasteiger partial charge in [-0.15, -0.1) is 0 Å². The van der Waals surface area contributed by atoms with Crippen molar-refractivity contribution < 1.29 is 19.4 Å². The van der Waals surface area contributed by atoms with E-state index in [4.69, 9.17) is 4.74 Å². The summed E-state index contributed by atoms with van der Waals surface area (Å²) < 4.78 is 7.36. The predicted molar refractivity (Wildman–Crippen MR) is 99.8 cm³/mol. The molecule has 0 radical (unpaired) electrons. The molecule has 7 heteroatoms. The number of alkyl carbamates (subject to hydrolysis) is 1. The Morgan fingerprint density at radius 2 is 1.79 bits per heavy atom. The molecule has 0 aliphatic rings. The summed E-state index contributed by atoms with van der Waals surface area (Å²) in [6, 6.07) is -0.469. The van der Waals surface area contributed by atoms with Crippen LogP contribution in [0.15, 0.2) is 0 Å². The van der Waals surface area contributed by atoms with Gasteiger partial charge in [0.15, 0.2) is 0 Å². The van der Waals surface area contributed by atoms with Crippen LogP contribution in [-0.2, 0) is 9.53 Å². The summed E-state index contributed by atoms with van der Waals surface area (Å²) in [5, 5.41) is 12.4. The zero-order valence-corrected chi connectivity index (χ0v) is 17.6. The van der Waals surface area contributed by atoms with Crippen molar-refractivity contribution in [3.8, 4) is 0 Å². The maximum absolute atomic E-state index is 11.8. The minimum absolute atomic E-state index is 0.0908. The fourth-order valence-electron chi connectivity index (χ4n) is 2.55. The van der Waals surface area contributed by atoms with E-state index in [1.807, 2.05) is 34.6 Å². The molecule has 0 aromatic carbocycles. The molecule has 0 heterocycles. The monoisotopic (exact) mass is 360 g/mol. The number of rotatable bonds is 9. The maximum Gasteiger partial charge on any atom is 0.407 e. The summed E-state index contributed by atoms with van der Waals surface area (Å²) in [6.45, 7) is 17.1. The minimum atomic E-state index is -1.80. The predicted octanol–water partition coefficient (Wildman–Crippen LogP) is 3.54. The van der Waals surface area contributed by atoms with Crippen LogP contribution in [0, 0.1) is 5.92 Å². The van der Waals surface area contributed by atoms with Gasteiger partial charge in [-0.3, -0.25) is 4.79 Å². The smallest absolute Gasteiger partial charge is 0.407 e. The van der Waals surface area contributed by atoms with E-state index in [1.54, 1.807) is 0 Å². The van der Waals surface area contributed by atoms with Crippen molar-refractivity contribution in [3.63, 3.8) is 0 Å². The number of ether oxygens (including phenoxy) is 1. The van der Waals surface area contributed by atoms with Crippen molar-refractivity contribution in [1.29, 1.82) is 0 Å². The van der Waals surface area contributed by atoms with Gasteiger partial charge in [0.2, 0.25) is 0 Å². The second kappa shape index (κ2) is 9.41. The Bertz CT molecular complexity index is 416. The van der Waals surface area contributed by atoms with Crippen molar-refractivity contribution >= 4 is 20.3 Å². The Kier molecular flexibility index (Phi) is 8.99. The van der Waals surface area contributed by atoms with Crippen LogP contribution >= 0.6 is 0 Å². The lowest BCUT2D eigenvalue weighted by atomic mass is 9.99. The average molecular weight is 361 g/mol. The van der Waals surface area contributed by atoms with Gasteiger partial charge in [0, 0.05) is 6.54 Å². The second-order valence-corrected chi connectivity index (χ2v) is 13.2. The summed E-state index contributed by atoms with van der Waals surface area (Å²) in [5.41, 5.74) is -0.514. The molecular weight excluding hydrogens is 324 g/mol. The highest BCUT2D eigenvalue weighted by molar-refractivity contribution is 6.73. The Hall–Kier alpha value is -1.08. The quantitative estimate of drug-likeness (QED) is 0.486. The van der Waals surface area contributed by atoms with Crippen molar-refractivity contribution in [1.82, 2.24) is 9.88 Å². The molecule has 0 aliphatic heterocycles. The zero-order chi connectivity index (χ0) is 19.1. The van der Waals surface area contributed by atoms with E-state index in [2.05, 4.69) is 29.5 Å². The van der Waals surface area contributed by atoms with Gasteiger partial charge in [0.1, 0.15) is 19.9 Å². The molecular formula is C17H36N2O4Si. The molecule has 24 heavy (non-hydrogen) atoms. The molecule has 0 aromatic rings. The van der Waals surface area contributed by atoms with Gasteiger partial charge in [-0.1, -0.05) is 39.9 Å². The standard InChI is InChI=1S/C17H36N2O4Si/c1-9-13(2)14(15(20)21)19(24(6,7)8)12-10-11-18-16(22)23-17(3,4)5/h13-14H,9-12H2,1-8H3,(H,18,22)(H,20,21)/t13-,14-/m0/s1. The number of amides is 1. The van der Waals surface area contributed by atoms with E-state index in [0.717, 1.165) is 6.42 Å². The molecule has 0 fully saturated rings. The summed E-state index contributed by atoms with van der Waals surface area (Å²) >= 11 is 0. The number of hydrogen-bond donors (Lipinski definition) is 2. The lowest BCUT2D eigenvalue weighted by Crippen LogP contribution is -2.57. The molecule has 0 aromatic heterocycles. The van der Waals surface area contributed by atoms with Crippen molar-refractivity contribution in [2.75, 3.05) is 13.1 Å². The number of nitrogens with one attached hydrogen (secondary N) is 1. The Morgan fingerprint density at radius 3 is 2.17 bits per heavy atom. The third-order valence-electron chi connectivity index (χ3n) is 3.88. The van der Waals surface area contributed by atoms with Crippen LogP contribution in [0.25, 0.3) is 0 Å². The first kappa shape index (κ1) is 22.9. The molecule has 0 aliphatic carbocycles. The third-order valence-corrected chi connectivity index (χ3v) is 6.10. The van der Waals surface area contributed by atoms with Crippen LogP contribution in [-0.4, -0.2) is 54.7 Å². The Morgan fingerprint density at radius 1 is 1.25 bits per heavy atom. The summed E-state index contributed by atoms with van der Waals surface area (Å²) in [6.07, 6.45) is 1.09. The number of carbonyl (C=O) groups is 2. The lowest BCUT2D eigenvalue weighted by molar-refractivity contribution is -0.143. The molecule has 0 saturated carbocycles. The fraction of sp³-hybridized carbons (Fsp3) is 0.882. The molecule has 142 valence electrons. The molecule has 0 bridgehead atoms. The van der Waals surface area contributed by atoms with Crippen molar-refractivity contribution in [2.45, 2.75) is 78.7 Å². The topological polar surface area (TPSA) is 78.9 Å². The molecule has 1 amide bonds. The van der Waals surface area contributed by atoms with Crippen LogP contribution in [0.2, 0.25) is 19.6 Å². The minimum Gasteiger partial charge on any atom is -0.480 e. The van der Waals surface area contributed by atoms with Crippen LogP contribution in [0.5, 0.6) is 0 Å². The first-order chi connectivity index (χ1) is 10.8. The van der Waals surface area contributed by atoms with Gasteiger partial charge >= 0.3 is 12.1 Å². The first-order valence-corrected chi connectivity index (χ1v) is 12.2. The van der Waals surface area contributed by atoms with Gasteiger partial charge in [-0.05, 0) is 39.7 Å². The Labute approximate surface area is 148 Å². The van der Waals surface area contributed by atoms with E-state index in [1.165, 1.54) is 0 Å². The molecule has 0 saturated heterocycles. The van der Waals surface area contributed by atoms with E-state index < -0.39 is 31.9 Å². The maximum atomic E-state index is 11.8. The summed E-state index contributed by atoms with van der Waals surface area (Å²) in [4.78, 5) is 23.4. The molecule has 6 nitrogen and oxygen atoms in total. The third kappa shape index (κ3) is 8.68. The SMILES string of the molecule is CC[C@H](C)[C@@H](C(=O)O)N(CCCNC(=O)OC(C)(C)C)[Si](C)(C)C. The summed E-state index contributed by atoms with van der Waals surface area (Å²) in [5.74, 6) is -0.667.